The van der Waals surface area contributed by atoms with Gasteiger partial charge in [0.25, 0.3) is 0 Å². The number of hydrogen-bond acceptors (Lipinski definition) is 2. The molecular weight excluding hydrogens is 232 g/mol. The number of ketones is 1. The maximum absolute atomic E-state index is 10.7. The molecule has 13 heavy (non-hydrogen) atoms. The number of rotatable bonds is 7. The van der Waals surface area contributed by atoms with Crippen LogP contribution in [0.5, 0.6) is 0 Å². The number of aliphatic hydroxyl groups excluding tert-OH is 1. The van der Waals surface area contributed by atoms with Crippen LogP contribution in [-0.4, -0.2) is 21.8 Å². The van der Waals surface area contributed by atoms with E-state index in [1.165, 1.54) is 19.8 Å². The lowest BCUT2D eigenvalue weighted by atomic mass is 10.1. The van der Waals surface area contributed by atoms with Crippen molar-refractivity contribution in [3.05, 3.63) is 0 Å². The molecule has 0 saturated heterocycles. The van der Waals surface area contributed by atoms with E-state index in [2.05, 4.69) is 22.9 Å². The van der Waals surface area contributed by atoms with Crippen LogP contribution in [-0.2, 0) is 4.79 Å². The lowest BCUT2D eigenvalue weighted by Crippen LogP contribution is -2.22. The van der Waals surface area contributed by atoms with Crippen LogP contribution in [0.15, 0.2) is 0 Å². The molecular formula is C10H19BrO2. The van der Waals surface area contributed by atoms with Crippen molar-refractivity contribution in [1.29, 1.82) is 0 Å². The molecule has 0 amide bonds. The molecule has 0 bridgehead atoms. The molecule has 78 valence electrons. The van der Waals surface area contributed by atoms with Crippen LogP contribution >= 0.6 is 15.9 Å². The molecule has 0 heterocycles. The molecule has 3 heteroatoms. The van der Waals surface area contributed by atoms with Gasteiger partial charge in [-0.1, -0.05) is 42.1 Å². The molecule has 0 aliphatic heterocycles. The van der Waals surface area contributed by atoms with Gasteiger partial charge in [0.15, 0.2) is 0 Å². The maximum atomic E-state index is 10.7. The van der Waals surface area contributed by atoms with Crippen LogP contribution in [0.3, 0.4) is 0 Å². The van der Waals surface area contributed by atoms with Crippen LogP contribution in [0.1, 0.15) is 46.0 Å². The van der Waals surface area contributed by atoms with E-state index in [4.69, 9.17) is 0 Å². The molecule has 1 N–H and O–H groups in total. The number of halogens is 1. The lowest BCUT2D eigenvalue weighted by molar-refractivity contribution is -0.118. The highest BCUT2D eigenvalue weighted by molar-refractivity contribution is 9.09. The number of unbranched alkanes of at least 4 members (excludes halogenated alkanes) is 2. The standard InChI is InChI=1S/C10H19BrO2/c1-3-4-5-6-9(11)10(13)7-8(2)12/h9-10,13H,3-7H2,1-2H3/t9-,10+/m0/s1. The molecule has 0 spiro atoms. The number of carbonyl (C=O) groups excluding carboxylic acids is 1. The maximum Gasteiger partial charge on any atom is 0.132 e. The number of carbonyl (C=O) groups is 1. The SMILES string of the molecule is CCCCC[C@H](Br)[C@H](O)CC(C)=O. The molecule has 0 aromatic carbocycles. The van der Waals surface area contributed by atoms with E-state index in [0.29, 0.717) is 0 Å². The third-order valence-electron chi connectivity index (χ3n) is 2.00. The normalized spacial score (nSPS) is 15.4. The Morgan fingerprint density at radius 2 is 2.08 bits per heavy atom. The minimum atomic E-state index is -0.519. The first-order valence-corrected chi connectivity index (χ1v) is 5.81. The Balaban J connectivity index is 3.56. The van der Waals surface area contributed by atoms with Crippen molar-refractivity contribution < 1.29 is 9.90 Å². The largest absolute Gasteiger partial charge is 0.392 e. The highest BCUT2D eigenvalue weighted by Gasteiger charge is 2.16. The van der Waals surface area contributed by atoms with E-state index in [-0.39, 0.29) is 17.0 Å². The van der Waals surface area contributed by atoms with E-state index < -0.39 is 6.10 Å². The number of aliphatic hydroxyl groups is 1. The zero-order valence-electron chi connectivity index (χ0n) is 8.42. The zero-order chi connectivity index (χ0) is 10.3. The number of hydrogen-bond donors (Lipinski definition) is 1. The molecule has 2 atom stereocenters. The van der Waals surface area contributed by atoms with Crippen molar-refractivity contribution in [2.45, 2.75) is 56.9 Å². The average molecular weight is 251 g/mol. The number of alkyl halides is 1. The summed E-state index contributed by atoms with van der Waals surface area (Å²) in [7, 11) is 0. The smallest absolute Gasteiger partial charge is 0.132 e. The van der Waals surface area contributed by atoms with Crippen LogP contribution < -0.4 is 0 Å². The monoisotopic (exact) mass is 250 g/mol. The second kappa shape index (κ2) is 7.51. The third-order valence-corrected chi connectivity index (χ3v) is 3.07. The van der Waals surface area contributed by atoms with Gasteiger partial charge >= 0.3 is 0 Å². The average Bonchev–Trinajstić information content (AvgIpc) is 2.03. The summed E-state index contributed by atoms with van der Waals surface area (Å²) < 4.78 is 0. The quantitative estimate of drug-likeness (QED) is 0.558. The van der Waals surface area contributed by atoms with Crippen molar-refractivity contribution >= 4 is 21.7 Å². The van der Waals surface area contributed by atoms with Gasteiger partial charge in [0, 0.05) is 11.2 Å². The van der Waals surface area contributed by atoms with Crippen LogP contribution in [0.25, 0.3) is 0 Å². The van der Waals surface area contributed by atoms with Crippen molar-refractivity contribution in [3.8, 4) is 0 Å². The van der Waals surface area contributed by atoms with Gasteiger partial charge in [0.2, 0.25) is 0 Å². The Morgan fingerprint density at radius 1 is 1.46 bits per heavy atom. The molecule has 0 aliphatic rings. The minimum absolute atomic E-state index is 0.0486. The van der Waals surface area contributed by atoms with Crippen molar-refractivity contribution in [2.24, 2.45) is 0 Å². The molecule has 0 aliphatic carbocycles. The van der Waals surface area contributed by atoms with E-state index in [1.54, 1.807) is 0 Å². The van der Waals surface area contributed by atoms with Crippen molar-refractivity contribution in [1.82, 2.24) is 0 Å². The Hall–Kier alpha value is 0.110. The zero-order valence-corrected chi connectivity index (χ0v) is 10.0. The van der Waals surface area contributed by atoms with E-state index in [0.717, 1.165) is 12.8 Å². The molecule has 0 aromatic rings. The van der Waals surface area contributed by atoms with E-state index in [9.17, 15) is 9.90 Å². The minimum Gasteiger partial charge on any atom is -0.392 e. The molecule has 0 radical (unpaired) electrons. The number of Topliss-reactive ketones (excluding diaryl/α,β-unsaturated/α-hetero) is 1. The van der Waals surface area contributed by atoms with Gasteiger partial charge in [-0.3, -0.25) is 4.79 Å². The Bertz CT molecular complexity index is 148. The van der Waals surface area contributed by atoms with Gasteiger partial charge in [-0.15, -0.1) is 0 Å². The van der Waals surface area contributed by atoms with Gasteiger partial charge in [0.05, 0.1) is 6.10 Å². The summed E-state index contributed by atoms with van der Waals surface area (Å²) in [5.74, 6) is 0.0486. The predicted octanol–water partition coefficient (Wildman–Crippen LogP) is 2.67. The molecule has 0 saturated carbocycles. The summed E-state index contributed by atoms with van der Waals surface area (Å²) in [5, 5.41) is 9.52. The fourth-order valence-corrected chi connectivity index (χ4v) is 1.71. The van der Waals surface area contributed by atoms with Crippen molar-refractivity contribution in [3.63, 3.8) is 0 Å². The van der Waals surface area contributed by atoms with Crippen LogP contribution in [0.2, 0.25) is 0 Å². The van der Waals surface area contributed by atoms with Crippen molar-refractivity contribution in [2.75, 3.05) is 0 Å². The fraction of sp³-hybridized carbons (Fsp3) is 0.900. The van der Waals surface area contributed by atoms with Gasteiger partial charge in [-0.05, 0) is 13.3 Å². The first-order valence-electron chi connectivity index (χ1n) is 4.89. The Kier molecular flexibility index (Phi) is 7.57. The first kappa shape index (κ1) is 13.1. The van der Waals surface area contributed by atoms with E-state index >= 15 is 0 Å². The Labute approximate surface area is 88.8 Å². The summed E-state index contributed by atoms with van der Waals surface area (Å²) >= 11 is 3.40. The van der Waals surface area contributed by atoms with Gasteiger partial charge < -0.3 is 5.11 Å². The fourth-order valence-electron chi connectivity index (χ4n) is 1.20. The lowest BCUT2D eigenvalue weighted by Gasteiger charge is -2.15. The molecule has 0 fully saturated rings. The summed E-state index contributed by atoms with van der Waals surface area (Å²) in [6.45, 7) is 3.66. The van der Waals surface area contributed by atoms with Gasteiger partial charge in [-0.25, -0.2) is 0 Å². The van der Waals surface area contributed by atoms with Crippen LogP contribution in [0.4, 0.5) is 0 Å². The first-order chi connectivity index (χ1) is 6.07. The van der Waals surface area contributed by atoms with Crippen LogP contribution in [0, 0.1) is 0 Å². The summed E-state index contributed by atoms with van der Waals surface area (Å²) in [6, 6.07) is 0. The topological polar surface area (TPSA) is 37.3 Å². The molecule has 0 rings (SSSR count). The summed E-state index contributed by atoms with van der Waals surface area (Å²) in [6.07, 6.45) is 4.18. The third kappa shape index (κ3) is 7.20. The summed E-state index contributed by atoms with van der Waals surface area (Å²) in [4.78, 5) is 10.8. The second-order valence-corrected chi connectivity index (χ2v) is 4.66. The van der Waals surface area contributed by atoms with Gasteiger partial charge in [0.1, 0.15) is 5.78 Å². The molecule has 0 unspecified atom stereocenters. The second-order valence-electron chi connectivity index (χ2n) is 3.49. The Morgan fingerprint density at radius 3 is 2.54 bits per heavy atom. The predicted molar refractivity (Wildman–Crippen MR) is 58.2 cm³/mol. The molecule has 0 aromatic heterocycles. The van der Waals surface area contributed by atoms with E-state index in [1.807, 2.05) is 0 Å². The highest BCUT2D eigenvalue weighted by Crippen LogP contribution is 2.17. The highest BCUT2D eigenvalue weighted by atomic mass is 79.9. The summed E-state index contributed by atoms with van der Waals surface area (Å²) in [5.41, 5.74) is 0. The molecule has 2 nitrogen and oxygen atoms in total. The van der Waals surface area contributed by atoms with Gasteiger partial charge in [-0.2, -0.15) is 0 Å².